The summed E-state index contributed by atoms with van der Waals surface area (Å²) in [5.74, 6) is -0.310. The van der Waals surface area contributed by atoms with E-state index in [1.807, 2.05) is 32.9 Å². The summed E-state index contributed by atoms with van der Waals surface area (Å²) in [5.41, 5.74) is 4.07. The van der Waals surface area contributed by atoms with Crippen molar-refractivity contribution in [3.8, 4) is 0 Å². The molecular weight excluding hydrogens is 326 g/mol. The summed E-state index contributed by atoms with van der Waals surface area (Å²) in [7, 11) is 0. The number of rotatable bonds is 2. The van der Waals surface area contributed by atoms with Crippen molar-refractivity contribution in [2.75, 3.05) is 5.32 Å². The first-order chi connectivity index (χ1) is 11.4. The second-order valence-corrected chi connectivity index (χ2v) is 6.14. The zero-order valence-electron chi connectivity index (χ0n) is 13.5. The highest BCUT2D eigenvalue weighted by atomic mass is 35.5. The molecule has 0 saturated heterocycles. The lowest BCUT2D eigenvalue weighted by Crippen LogP contribution is -2.15. The van der Waals surface area contributed by atoms with Crippen LogP contribution in [-0.4, -0.2) is 15.9 Å². The molecule has 1 aromatic carbocycles. The number of aromatic amines is 1. The van der Waals surface area contributed by atoms with Gasteiger partial charge in [0.05, 0.1) is 5.56 Å². The molecule has 1 amide bonds. The van der Waals surface area contributed by atoms with Crippen LogP contribution >= 0.6 is 11.6 Å². The molecular formula is C18H16ClN3O2. The number of halogens is 1. The fourth-order valence-electron chi connectivity index (χ4n) is 2.70. The van der Waals surface area contributed by atoms with Crippen LogP contribution in [0.25, 0.3) is 10.9 Å². The zero-order valence-corrected chi connectivity index (χ0v) is 14.3. The van der Waals surface area contributed by atoms with Crippen molar-refractivity contribution in [2.45, 2.75) is 20.8 Å². The van der Waals surface area contributed by atoms with Crippen molar-refractivity contribution in [3.63, 3.8) is 0 Å². The molecule has 2 heterocycles. The minimum Gasteiger partial charge on any atom is -0.322 e. The first-order valence-electron chi connectivity index (χ1n) is 7.43. The maximum Gasteiger partial charge on any atom is 0.259 e. The van der Waals surface area contributed by atoms with E-state index in [1.165, 1.54) is 6.07 Å². The average molecular weight is 342 g/mol. The second-order valence-electron chi connectivity index (χ2n) is 5.78. The molecule has 122 valence electrons. The first-order valence-corrected chi connectivity index (χ1v) is 7.81. The summed E-state index contributed by atoms with van der Waals surface area (Å²) in [6, 6.07) is 6.97. The van der Waals surface area contributed by atoms with E-state index in [9.17, 15) is 9.59 Å². The largest absolute Gasteiger partial charge is 0.322 e. The second kappa shape index (κ2) is 6.09. The molecule has 0 atom stereocenters. The van der Waals surface area contributed by atoms with Crippen LogP contribution in [0.1, 0.15) is 27.0 Å². The summed E-state index contributed by atoms with van der Waals surface area (Å²) < 4.78 is 0. The Balaban J connectivity index is 2.06. The lowest BCUT2D eigenvalue weighted by Gasteiger charge is -2.13. The van der Waals surface area contributed by atoms with E-state index >= 15 is 0 Å². The SMILES string of the molecule is Cc1cc2[nH]c(=O)cc(C)c2cc1NC(=O)c1c(C)ccnc1Cl. The van der Waals surface area contributed by atoms with Crippen molar-refractivity contribution in [3.05, 3.63) is 68.2 Å². The maximum atomic E-state index is 12.6. The molecule has 0 aliphatic rings. The van der Waals surface area contributed by atoms with Crippen LogP contribution in [0, 0.1) is 20.8 Å². The standard InChI is InChI=1S/C18H16ClN3O2/c1-9-4-5-20-17(19)16(9)18(24)22-13-8-12-10(2)7-15(23)21-14(12)6-11(13)3/h4-8H,1-3H3,(H,21,23)(H,22,24). The number of carbonyl (C=O) groups is 1. The summed E-state index contributed by atoms with van der Waals surface area (Å²) in [6.45, 7) is 5.54. The zero-order chi connectivity index (χ0) is 17.4. The van der Waals surface area contributed by atoms with Crippen molar-refractivity contribution in [2.24, 2.45) is 0 Å². The third-order valence-corrected chi connectivity index (χ3v) is 4.27. The Kier molecular flexibility index (Phi) is 4.11. The van der Waals surface area contributed by atoms with Crippen LogP contribution in [0.3, 0.4) is 0 Å². The molecule has 0 radical (unpaired) electrons. The van der Waals surface area contributed by atoms with Crippen LogP contribution in [0.2, 0.25) is 5.15 Å². The number of benzene rings is 1. The lowest BCUT2D eigenvalue weighted by atomic mass is 10.1. The highest BCUT2D eigenvalue weighted by molar-refractivity contribution is 6.33. The number of pyridine rings is 2. The minimum absolute atomic E-state index is 0.144. The monoisotopic (exact) mass is 341 g/mol. The van der Waals surface area contributed by atoms with Crippen LogP contribution < -0.4 is 10.9 Å². The molecule has 5 nitrogen and oxygen atoms in total. The molecule has 2 N–H and O–H groups in total. The van der Waals surface area contributed by atoms with E-state index in [2.05, 4.69) is 15.3 Å². The van der Waals surface area contributed by atoms with Gasteiger partial charge in [0.2, 0.25) is 5.56 Å². The maximum absolute atomic E-state index is 12.6. The van der Waals surface area contributed by atoms with Gasteiger partial charge in [-0.1, -0.05) is 11.6 Å². The van der Waals surface area contributed by atoms with Gasteiger partial charge in [0.15, 0.2) is 0 Å². The fraction of sp³-hybridized carbons (Fsp3) is 0.167. The van der Waals surface area contributed by atoms with Gasteiger partial charge >= 0.3 is 0 Å². The van der Waals surface area contributed by atoms with Crippen LogP contribution in [0.15, 0.2) is 35.3 Å². The topological polar surface area (TPSA) is 74.8 Å². The third kappa shape index (κ3) is 2.90. The Morgan fingerprint density at radius 1 is 1.12 bits per heavy atom. The van der Waals surface area contributed by atoms with Gasteiger partial charge in [0, 0.05) is 28.9 Å². The van der Waals surface area contributed by atoms with Gasteiger partial charge in [-0.2, -0.15) is 0 Å². The molecule has 0 fully saturated rings. The molecule has 0 aliphatic carbocycles. The van der Waals surface area contributed by atoms with Crippen molar-refractivity contribution in [1.82, 2.24) is 9.97 Å². The summed E-state index contributed by atoms with van der Waals surface area (Å²) >= 11 is 6.06. The number of hydrogen-bond acceptors (Lipinski definition) is 3. The van der Waals surface area contributed by atoms with E-state index in [4.69, 9.17) is 11.6 Å². The number of carbonyl (C=O) groups excluding carboxylic acids is 1. The lowest BCUT2D eigenvalue weighted by molar-refractivity contribution is 0.102. The molecule has 0 bridgehead atoms. The number of nitrogens with one attached hydrogen (secondary N) is 2. The molecule has 3 aromatic rings. The smallest absolute Gasteiger partial charge is 0.259 e. The van der Waals surface area contributed by atoms with Gasteiger partial charge in [-0.25, -0.2) is 4.98 Å². The first kappa shape index (κ1) is 16.2. The minimum atomic E-state index is -0.310. The Bertz CT molecular complexity index is 1000. The van der Waals surface area contributed by atoms with E-state index in [0.717, 1.165) is 27.6 Å². The number of aromatic nitrogens is 2. The van der Waals surface area contributed by atoms with Gasteiger partial charge in [-0.05, 0) is 55.7 Å². The van der Waals surface area contributed by atoms with Crippen LogP contribution in [0.4, 0.5) is 5.69 Å². The predicted octanol–water partition coefficient (Wildman–Crippen LogP) is 3.75. The average Bonchev–Trinajstić information content (AvgIpc) is 2.48. The summed E-state index contributed by atoms with van der Waals surface area (Å²) in [4.78, 5) is 30.9. The van der Waals surface area contributed by atoms with Crippen LogP contribution in [-0.2, 0) is 0 Å². The quantitative estimate of drug-likeness (QED) is 0.697. The predicted molar refractivity (Wildman–Crippen MR) is 96.0 cm³/mol. The molecule has 0 aliphatic heterocycles. The Morgan fingerprint density at radius 2 is 1.88 bits per heavy atom. The number of nitrogens with zero attached hydrogens (tertiary/aromatic N) is 1. The Labute approximate surface area is 143 Å². The number of H-pyrrole nitrogens is 1. The van der Waals surface area contributed by atoms with Gasteiger partial charge in [-0.3, -0.25) is 9.59 Å². The van der Waals surface area contributed by atoms with E-state index in [0.29, 0.717) is 11.3 Å². The molecule has 0 unspecified atom stereocenters. The molecule has 3 rings (SSSR count). The molecule has 0 spiro atoms. The number of anilines is 1. The van der Waals surface area contributed by atoms with Gasteiger partial charge < -0.3 is 10.3 Å². The number of amides is 1. The van der Waals surface area contributed by atoms with E-state index in [-0.39, 0.29) is 16.6 Å². The fourth-order valence-corrected chi connectivity index (χ4v) is 2.99. The third-order valence-electron chi connectivity index (χ3n) is 3.98. The highest BCUT2D eigenvalue weighted by Crippen LogP contribution is 2.25. The molecule has 6 heteroatoms. The van der Waals surface area contributed by atoms with Gasteiger partial charge in [0.25, 0.3) is 5.91 Å². The number of aryl methyl sites for hydroxylation is 3. The van der Waals surface area contributed by atoms with Gasteiger partial charge in [0.1, 0.15) is 5.15 Å². The Hall–Kier alpha value is -2.66. The van der Waals surface area contributed by atoms with Gasteiger partial charge in [-0.15, -0.1) is 0 Å². The van der Waals surface area contributed by atoms with E-state index < -0.39 is 0 Å². The molecule has 0 saturated carbocycles. The molecule has 24 heavy (non-hydrogen) atoms. The van der Waals surface area contributed by atoms with Crippen molar-refractivity contribution >= 4 is 34.1 Å². The Morgan fingerprint density at radius 3 is 2.58 bits per heavy atom. The van der Waals surface area contributed by atoms with Crippen molar-refractivity contribution < 1.29 is 4.79 Å². The van der Waals surface area contributed by atoms with Crippen LogP contribution in [0.5, 0.6) is 0 Å². The molecule has 2 aromatic heterocycles. The summed E-state index contributed by atoms with van der Waals surface area (Å²) in [5, 5.41) is 3.94. The summed E-state index contributed by atoms with van der Waals surface area (Å²) in [6.07, 6.45) is 1.56. The number of fused-ring (bicyclic) bond motifs is 1. The normalized spacial score (nSPS) is 10.8. The highest BCUT2D eigenvalue weighted by Gasteiger charge is 2.16. The van der Waals surface area contributed by atoms with Crippen molar-refractivity contribution in [1.29, 1.82) is 0 Å². The number of hydrogen-bond donors (Lipinski definition) is 2. The van der Waals surface area contributed by atoms with E-state index in [1.54, 1.807) is 12.3 Å².